The first-order valence-electron chi connectivity index (χ1n) is 2.76. The van der Waals surface area contributed by atoms with Gasteiger partial charge in [-0.1, -0.05) is 12.2 Å². The number of carbonyl (C=O) groups is 1. The fourth-order valence-corrected chi connectivity index (χ4v) is 0.596. The minimum absolute atomic E-state index is 0.302. The van der Waals surface area contributed by atoms with Gasteiger partial charge in [0.25, 0.3) is 0 Å². The van der Waals surface area contributed by atoms with E-state index >= 15 is 0 Å². The van der Waals surface area contributed by atoms with Crippen molar-refractivity contribution in [2.75, 3.05) is 0 Å². The zero-order valence-corrected chi connectivity index (χ0v) is 7.55. The second-order valence-corrected chi connectivity index (χ2v) is 2.85. The van der Waals surface area contributed by atoms with Crippen molar-refractivity contribution in [3.8, 4) is 0 Å². The van der Waals surface area contributed by atoms with Crippen LogP contribution in [0.2, 0.25) is 0 Å². The van der Waals surface area contributed by atoms with Gasteiger partial charge in [-0.05, 0) is 11.6 Å². The summed E-state index contributed by atoms with van der Waals surface area (Å²) < 4.78 is 0. The quantitative estimate of drug-likeness (QED) is 0.315. The Labute approximate surface area is 57.9 Å². The van der Waals surface area contributed by atoms with Gasteiger partial charge in [0.1, 0.15) is 0 Å². The fourth-order valence-electron chi connectivity index (χ4n) is 0.361. The molecule has 0 unspecified atom stereocenters. The molecule has 0 spiro atoms. The topological polar surface area (TPSA) is 43.1 Å². The first-order valence-corrected chi connectivity index (χ1v) is 3.76. The highest BCUT2D eigenvalue weighted by Gasteiger charge is 1.92. The summed E-state index contributed by atoms with van der Waals surface area (Å²) in [6.45, 7) is 3.51. The minimum atomic E-state index is -0.302. The van der Waals surface area contributed by atoms with Gasteiger partial charge in [-0.15, -0.1) is 6.58 Å². The lowest BCUT2D eigenvalue weighted by molar-refractivity contribution is -0.114. The maximum absolute atomic E-state index is 10.4. The van der Waals surface area contributed by atoms with E-state index in [4.69, 9.17) is 5.73 Å². The molecule has 0 aliphatic rings. The third kappa shape index (κ3) is 3.73. The van der Waals surface area contributed by atoms with Gasteiger partial charge in [0.2, 0.25) is 5.91 Å². The number of hydrogen-bond acceptors (Lipinski definition) is 1. The average Bonchev–Trinajstić information content (AvgIpc) is 1.82. The number of hydrogen-bond donors (Lipinski definition) is 1. The van der Waals surface area contributed by atoms with Gasteiger partial charge in [-0.2, -0.15) is 0 Å². The van der Waals surface area contributed by atoms with Gasteiger partial charge < -0.3 is 5.73 Å². The molecule has 0 atom stereocenters. The minimum Gasteiger partial charge on any atom is -0.366 e. The van der Waals surface area contributed by atoms with E-state index in [0.29, 0.717) is 0 Å². The molecule has 0 aliphatic carbocycles. The van der Waals surface area contributed by atoms with Crippen LogP contribution < -0.4 is 5.73 Å². The van der Waals surface area contributed by atoms with Crippen molar-refractivity contribution in [1.82, 2.24) is 0 Å². The maximum Gasteiger partial charge on any atom is 0.239 e. The average molecular weight is 141 g/mol. The van der Waals surface area contributed by atoms with Gasteiger partial charge in [0, 0.05) is 10.2 Å². The highest BCUT2D eigenvalue weighted by Crippen LogP contribution is 1.89. The number of primary amides is 1. The molecule has 0 saturated heterocycles. The number of nitrogens with two attached hydrogens (primary N) is 1. The third-order valence-electron chi connectivity index (χ3n) is 0.979. The van der Waals surface area contributed by atoms with E-state index in [1.54, 1.807) is 6.08 Å². The molecule has 0 saturated carbocycles. The Hall–Kier alpha value is -0.833. The summed E-state index contributed by atoms with van der Waals surface area (Å²) in [7, 11) is 0.727. The monoisotopic (exact) mass is 141 g/mol. The SMILES string of the molecule is C=CCC=C([SiH3])C(N)=O. The van der Waals surface area contributed by atoms with Crippen LogP contribution >= 0.6 is 0 Å². The summed E-state index contributed by atoms with van der Waals surface area (Å²) in [5, 5.41) is 0.731. The predicted molar refractivity (Wildman–Crippen MR) is 42.0 cm³/mol. The zero-order chi connectivity index (χ0) is 7.28. The third-order valence-corrected chi connectivity index (χ3v) is 1.88. The van der Waals surface area contributed by atoms with Crippen LogP contribution in [-0.4, -0.2) is 16.1 Å². The summed E-state index contributed by atoms with van der Waals surface area (Å²) in [5.41, 5.74) is 4.97. The lowest BCUT2D eigenvalue weighted by Crippen LogP contribution is -2.13. The van der Waals surface area contributed by atoms with Crippen molar-refractivity contribution in [1.29, 1.82) is 0 Å². The first-order chi connectivity index (χ1) is 4.18. The molecule has 0 aromatic carbocycles. The Balaban J connectivity index is 3.83. The number of rotatable bonds is 3. The molecule has 0 bridgehead atoms. The van der Waals surface area contributed by atoms with Crippen LogP contribution in [0.15, 0.2) is 23.9 Å². The smallest absolute Gasteiger partial charge is 0.239 e. The summed E-state index contributed by atoms with van der Waals surface area (Å²) in [6.07, 6.45) is 4.28. The molecule has 1 amide bonds. The van der Waals surface area contributed by atoms with Crippen LogP contribution in [0.25, 0.3) is 0 Å². The highest BCUT2D eigenvalue weighted by atomic mass is 28.1. The molecule has 0 fully saturated rings. The van der Waals surface area contributed by atoms with Gasteiger partial charge in [-0.25, -0.2) is 0 Å². The van der Waals surface area contributed by atoms with E-state index in [1.807, 2.05) is 6.08 Å². The van der Waals surface area contributed by atoms with Crippen molar-refractivity contribution >= 4 is 16.1 Å². The molecule has 0 aromatic heterocycles. The van der Waals surface area contributed by atoms with Crippen molar-refractivity contribution < 1.29 is 4.79 Å². The lowest BCUT2D eigenvalue weighted by Gasteiger charge is -1.89. The summed E-state index contributed by atoms with van der Waals surface area (Å²) in [6, 6.07) is 0. The Morgan fingerprint density at radius 3 is 2.67 bits per heavy atom. The van der Waals surface area contributed by atoms with Crippen molar-refractivity contribution in [2.45, 2.75) is 6.42 Å². The summed E-state index contributed by atoms with van der Waals surface area (Å²) in [5.74, 6) is -0.302. The van der Waals surface area contributed by atoms with Gasteiger partial charge in [-0.3, -0.25) is 4.79 Å². The Bertz CT molecular complexity index is 151. The van der Waals surface area contributed by atoms with Crippen molar-refractivity contribution in [2.24, 2.45) is 5.73 Å². The van der Waals surface area contributed by atoms with Crippen molar-refractivity contribution in [3.05, 3.63) is 23.9 Å². The second-order valence-electron chi connectivity index (χ2n) is 1.78. The van der Waals surface area contributed by atoms with E-state index in [0.717, 1.165) is 21.9 Å². The maximum atomic E-state index is 10.4. The predicted octanol–water partition coefficient (Wildman–Crippen LogP) is -0.703. The van der Waals surface area contributed by atoms with Crippen LogP contribution in [0.1, 0.15) is 6.42 Å². The first kappa shape index (κ1) is 8.17. The zero-order valence-electron chi connectivity index (χ0n) is 5.55. The lowest BCUT2D eigenvalue weighted by atomic mass is 10.3. The molecule has 0 aromatic rings. The van der Waals surface area contributed by atoms with Crippen LogP contribution in [0.3, 0.4) is 0 Å². The summed E-state index contributed by atoms with van der Waals surface area (Å²) in [4.78, 5) is 10.4. The molecule has 0 radical (unpaired) electrons. The molecule has 2 N–H and O–H groups in total. The van der Waals surface area contributed by atoms with Crippen LogP contribution in [0, 0.1) is 0 Å². The van der Waals surface area contributed by atoms with Crippen molar-refractivity contribution in [3.63, 3.8) is 0 Å². The van der Waals surface area contributed by atoms with E-state index in [2.05, 4.69) is 6.58 Å². The molecule has 9 heavy (non-hydrogen) atoms. The molecule has 2 nitrogen and oxygen atoms in total. The molecule has 50 valence electrons. The standard InChI is InChI=1S/C6H11NOSi/c1-2-3-4-5(9)6(7)8/h2,4H,1,3H2,9H3,(H2,7,8). The highest BCUT2D eigenvalue weighted by molar-refractivity contribution is 6.36. The molecule has 3 heteroatoms. The Kier molecular flexibility index (Phi) is 3.71. The molecular formula is C6H11NOSi. The van der Waals surface area contributed by atoms with Gasteiger partial charge in [0.05, 0.1) is 0 Å². The van der Waals surface area contributed by atoms with Crippen LogP contribution in [0.4, 0.5) is 0 Å². The Morgan fingerprint density at radius 2 is 2.33 bits per heavy atom. The summed E-state index contributed by atoms with van der Waals surface area (Å²) >= 11 is 0. The van der Waals surface area contributed by atoms with E-state index < -0.39 is 0 Å². The van der Waals surface area contributed by atoms with E-state index in [-0.39, 0.29) is 5.91 Å². The van der Waals surface area contributed by atoms with E-state index in [9.17, 15) is 4.79 Å². The van der Waals surface area contributed by atoms with Gasteiger partial charge >= 0.3 is 0 Å². The molecule has 0 aliphatic heterocycles. The number of carbonyl (C=O) groups excluding carboxylic acids is 1. The van der Waals surface area contributed by atoms with Crippen LogP contribution in [-0.2, 0) is 4.79 Å². The normalized spacial score (nSPS) is 11.3. The van der Waals surface area contributed by atoms with Gasteiger partial charge in [0.15, 0.2) is 0 Å². The largest absolute Gasteiger partial charge is 0.366 e. The fraction of sp³-hybridized carbons (Fsp3) is 0.167. The van der Waals surface area contributed by atoms with Crippen LogP contribution in [0.5, 0.6) is 0 Å². The molecular weight excluding hydrogens is 130 g/mol. The number of allylic oxidation sites excluding steroid dienone is 2. The Morgan fingerprint density at radius 1 is 1.78 bits per heavy atom. The molecule has 0 heterocycles. The number of amides is 1. The second kappa shape index (κ2) is 4.09. The van der Waals surface area contributed by atoms with E-state index in [1.165, 1.54) is 0 Å². The molecule has 0 rings (SSSR count).